The molecule has 2 unspecified atom stereocenters. The van der Waals surface area contributed by atoms with Crippen molar-refractivity contribution in [3.8, 4) is 0 Å². The summed E-state index contributed by atoms with van der Waals surface area (Å²) in [6.07, 6.45) is 38.9. The van der Waals surface area contributed by atoms with Gasteiger partial charge in [0.1, 0.15) is 19.8 Å². The molecule has 0 aromatic heterocycles. The van der Waals surface area contributed by atoms with E-state index in [1.807, 2.05) is 75.8 Å². The van der Waals surface area contributed by atoms with Crippen LogP contribution in [0.5, 0.6) is 0 Å². The Hall–Kier alpha value is -3.07. The van der Waals surface area contributed by atoms with Crippen LogP contribution in [0.25, 0.3) is 0 Å². The Kier molecular flexibility index (Phi) is 29.0. The molecule has 0 saturated heterocycles. The number of carbonyl (C=O) groups is 2. The zero-order valence-corrected chi connectivity index (χ0v) is 31.5. The average molecular weight is 704 g/mol. The van der Waals surface area contributed by atoms with Crippen LogP contribution in [0.15, 0.2) is 97.2 Å². The predicted molar refractivity (Wildman–Crippen MR) is 199 cm³/mol. The van der Waals surface area contributed by atoms with Crippen molar-refractivity contribution in [3.63, 3.8) is 0 Å². The Morgan fingerprint density at radius 2 is 1.20 bits per heavy atom. The molecule has 0 spiro atoms. The highest BCUT2D eigenvalue weighted by Crippen LogP contribution is 2.38. The van der Waals surface area contributed by atoms with Gasteiger partial charge < -0.3 is 27.9 Å². The van der Waals surface area contributed by atoms with Crippen molar-refractivity contribution >= 4 is 19.8 Å². The molecule has 0 aromatic carbocycles. The average Bonchev–Trinajstić information content (AvgIpc) is 3.04. The number of unbranched alkanes of at least 4 members (excludes halogenated alkanes) is 3. The molecule has 9 nitrogen and oxygen atoms in total. The summed E-state index contributed by atoms with van der Waals surface area (Å²) < 4.78 is 33.5. The molecule has 0 radical (unpaired) electrons. The highest BCUT2D eigenvalue weighted by Gasteiger charge is 2.21. The molecule has 2 atom stereocenters. The van der Waals surface area contributed by atoms with Crippen LogP contribution in [-0.4, -0.2) is 70.0 Å². The van der Waals surface area contributed by atoms with Gasteiger partial charge in [0.05, 0.1) is 27.7 Å². The molecule has 0 rings (SSSR count). The van der Waals surface area contributed by atoms with Gasteiger partial charge in [0.2, 0.25) is 0 Å². The Labute approximate surface area is 296 Å². The van der Waals surface area contributed by atoms with Crippen molar-refractivity contribution < 1.29 is 42.1 Å². The van der Waals surface area contributed by atoms with Crippen LogP contribution in [-0.2, 0) is 32.7 Å². The van der Waals surface area contributed by atoms with Gasteiger partial charge in [-0.3, -0.25) is 14.2 Å². The summed E-state index contributed by atoms with van der Waals surface area (Å²) in [5, 5.41) is 0. The van der Waals surface area contributed by atoms with Crippen LogP contribution < -0.4 is 4.89 Å². The van der Waals surface area contributed by atoms with Gasteiger partial charge in [0.15, 0.2) is 6.10 Å². The van der Waals surface area contributed by atoms with Gasteiger partial charge in [-0.25, -0.2) is 0 Å². The quantitative estimate of drug-likeness (QED) is 0.0191. The van der Waals surface area contributed by atoms with Gasteiger partial charge in [0, 0.05) is 12.8 Å². The van der Waals surface area contributed by atoms with E-state index in [0.717, 1.165) is 38.5 Å². The lowest BCUT2D eigenvalue weighted by molar-refractivity contribution is -0.870. The SMILES string of the molecule is CC/C=C/C=C/C=C/C=C/C=C/CCCC(=O)OC(COC(=O)CCCC/C=C/C/C=C/C/C=C/CC)COP(=O)([O-])OCC[N+](C)(C)C. The van der Waals surface area contributed by atoms with Gasteiger partial charge in [0.25, 0.3) is 7.82 Å². The Morgan fingerprint density at radius 1 is 0.653 bits per heavy atom. The van der Waals surface area contributed by atoms with E-state index < -0.39 is 32.5 Å². The first-order valence-corrected chi connectivity index (χ1v) is 19.0. The fourth-order valence-electron chi connectivity index (χ4n) is 3.75. The molecule has 0 fully saturated rings. The third-order valence-electron chi connectivity index (χ3n) is 6.48. The number of quaternary nitrogens is 1. The first-order chi connectivity index (χ1) is 23.5. The minimum Gasteiger partial charge on any atom is -0.756 e. The second-order valence-electron chi connectivity index (χ2n) is 12.2. The minimum atomic E-state index is -4.65. The summed E-state index contributed by atoms with van der Waals surface area (Å²) in [6, 6.07) is 0. The number of carbonyl (C=O) groups excluding carboxylic acids is 2. The fraction of sp³-hybridized carbons (Fsp3) is 0.538. The molecule has 0 amide bonds. The van der Waals surface area contributed by atoms with E-state index in [1.54, 1.807) is 0 Å². The zero-order valence-electron chi connectivity index (χ0n) is 30.6. The van der Waals surface area contributed by atoms with E-state index >= 15 is 0 Å². The number of rotatable bonds is 29. The first kappa shape index (κ1) is 45.9. The largest absolute Gasteiger partial charge is 0.756 e. The fourth-order valence-corrected chi connectivity index (χ4v) is 4.48. The first-order valence-electron chi connectivity index (χ1n) is 17.5. The maximum absolute atomic E-state index is 12.5. The Balaban J connectivity index is 4.72. The molecule has 49 heavy (non-hydrogen) atoms. The number of ether oxygens (including phenoxy) is 2. The molecular formula is C39H62NO8P. The number of hydrogen-bond acceptors (Lipinski definition) is 8. The highest BCUT2D eigenvalue weighted by atomic mass is 31.2. The normalized spacial score (nSPS) is 15.0. The second kappa shape index (κ2) is 30.9. The predicted octanol–water partition coefficient (Wildman–Crippen LogP) is 8.43. The Bertz CT molecular complexity index is 1160. The van der Waals surface area contributed by atoms with Gasteiger partial charge in [-0.05, 0) is 57.8 Å². The topological polar surface area (TPSA) is 111 Å². The third kappa shape index (κ3) is 34.6. The molecule has 0 heterocycles. The number of allylic oxidation sites excluding steroid dienone is 16. The van der Waals surface area contributed by atoms with Crippen LogP contribution in [0, 0.1) is 0 Å². The number of esters is 2. The monoisotopic (exact) mass is 703 g/mol. The maximum Gasteiger partial charge on any atom is 0.306 e. The number of phosphoric ester groups is 1. The Morgan fingerprint density at radius 3 is 1.84 bits per heavy atom. The van der Waals surface area contributed by atoms with E-state index in [-0.39, 0.29) is 26.1 Å². The molecule has 0 N–H and O–H groups in total. The maximum atomic E-state index is 12.5. The lowest BCUT2D eigenvalue weighted by Crippen LogP contribution is -2.37. The van der Waals surface area contributed by atoms with Crippen molar-refractivity contribution in [2.45, 2.75) is 90.6 Å². The lowest BCUT2D eigenvalue weighted by atomic mass is 10.2. The molecule has 0 aliphatic heterocycles. The van der Waals surface area contributed by atoms with E-state index in [0.29, 0.717) is 30.3 Å². The molecule has 276 valence electrons. The number of hydrogen-bond donors (Lipinski definition) is 0. The smallest absolute Gasteiger partial charge is 0.306 e. The molecule has 0 aliphatic rings. The van der Waals surface area contributed by atoms with E-state index in [1.165, 1.54) is 0 Å². The molecule has 0 bridgehead atoms. The van der Waals surface area contributed by atoms with Crippen molar-refractivity contribution in [1.29, 1.82) is 0 Å². The zero-order chi connectivity index (χ0) is 36.5. The van der Waals surface area contributed by atoms with Crippen LogP contribution in [0.1, 0.15) is 84.5 Å². The van der Waals surface area contributed by atoms with Crippen LogP contribution >= 0.6 is 7.82 Å². The van der Waals surface area contributed by atoms with Crippen LogP contribution in [0.2, 0.25) is 0 Å². The molecule has 0 saturated carbocycles. The molecule has 0 aliphatic carbocycles. The van der Waals surface area contributed by atoms with E-state index in [4.69, 9.17) is 18.5 Å². The highest BCUT2D eigenvalue weighted by molar-refractivity contribution is 7.45. The van der Waals surface area contributed by atoms with Gasteiger partial charge >= 0.3 is 11.9 Å². The minimum absolute atomic E-state index is 0.0566. The van der Waals surface area contributed by atoms with Gasteiger partial charge in [-0.1, -0.05) is 111 Å². The molecular weight excluding hydrogens is 641 g/mol. The third-order valence-corrected chi connectivity index (χ3v) is 7.44. The summed E-state index contributed by atoms with van der Waals surface area (Å²) in [7, 11) is 1.07. The number of nitrogens with zero attached hydrogens (tertiary/aromatic N) is 1. The summed E-state index contributed by atoms with van der Waals surface area (Å²) in [6.45, 7) is 3.77. The van der Waals surface area contributed by atoms with Gasteiger partial charge in [-0.15, -0.1) is 0 Å². The standard InChI is InChI=1S/C39H62NO8P/c1-6-8-10-12-14-16-18-20-22-24-26-28-30-32-39(42)48-37(36-47-49(43,44)46-34-33-40(3,4)5)35-45-38(41)31-29-27-25-23-21-19-17-15-13-11-9-7-2/h8-12,14-18,20-24,26,37H,6-7,13,19,25,27-36H2,1-5H3/b10-8+,11-9+,14-12+,17-15+,18-16+,22-20+,23-21+,26-24+. The second-order valence-corrected chi connectivity index (χ2v) is 13.6. The van der Waals surface area contributed by atoms with Crippen molar-refractivity contribution in [2.75, 3.05) is 47.5 Å². The summed E-state index contributed by atoms with van der Waals surface area (Å²) in [5.74, 6) is -0.985. The van der Waals surface area contributed by atoms with Crippen molar-refractivity contribution in [2.24, 2.45) is 0 Å². The molecule has 0 aromatic rings. The summed E-state index contributed by atoms with van der Waals surface area (Å²) in [4.78, 5) is 37.2. The lowest BCUT2D eigenvalue weighted by Gasteiger charge is -2.28. The van der Waals surface area contributed by atoms with E-state index in [9.17, 15) is 19.0 Å². The van der Waals surface area contributed by atoms with Crippen LogP contribution in [0.4, 0.5) is 0 Å². The van der Waals surface area contributed by atoms with E-state index in [2.05, 4.69) is 56.4 Å². The van der Waals surface area contributed by atoms with Crippen molar-refractivity contribution in [3.05, 3.63) is 97.2 Å². The number of phosphoric acid groups is 1. The molecule has 10 heteroatoms. The van der Waals surface area contributed by atoms with Crippen LogP contribution in [0.3, 0.4) is 0 Å². The van der Waals surface area contributed by atoms with Crippen molar-refractivity contribution in [1.82, 2.24) is 0 Å². The summed E-state index contributed by atoms with van der Waals surface area (Å²) in [5.41, 5.74) is 0. The van der Waals surface area contributed by atoms with Gasteiger partial charge in [-0.2, -0.15) is 0 Å². The number of likely N-dealkylation sites (N-methyl/N-ethyl adjacent to an activating group) is 1. The summed E-state index contributed by atoms with van der Waals surface area (Å²) >= 11 is 0.